The van der Waals surface area contributed by atoms with Crippen LogP contribution in [0.25, 0.3) is 11.1 Å². The van der Waals surface area contributed by atoms with Gasteiger partial charge in [-0.3, -0.25) is 9.59 Å². The number of alkyl carbamates (subject to hydrolysis) is 1. The number of aryl methyl sites for hydroxylation is 1. The van der Waals surface area contributed by atoms with Gasteiger partial charge in [-0.15, -0.1) is 0 Å². The summed E-state index contributed by atoms with van der Waals surface area (Å²) in [5.74, 6) is -0.537. The average Bonchev–Trinajstić information content (AvgIpc) is 3.08. The van der Waals surface area contributed by atoms with Gasteiger partial charge in [-0.2, -0.15) is 0 Å². The summed E-state index contributed by atoms with van der Waals surface area (Å²) in [5, 5.41) is 11.5. The van der Waals surface area contributed by atoms with Gasteiger partial charge in [-0.25, -0.2) is 9.59 Å². The van der Waals surface area contributed by atoms with Crippen molar-refractivity contribution in [2.75, 3.05) is 10.2 Å². The molecule has 0 fully saturated rings. The fraction of sp³-hybridized carbons (Fsp3) is 0.405. The lowest BCUT2D eigenvalue weighted by atomic mass is 9.99. The topological polar surface area (TPSA) is 129 Å². The largest absolute Gasteiger partial charge is 0.444 e. The lowest BCUT2D eigenvalue weighted by Gasteiger charge is -2.29. The van der Waals surface area contributed by atoms with Crippen LogP contribution in [0.5, 0.6) is 0 Å². The maximum Gasteiger partial charge on any atom is 0.408 e. The monoisotopic (exact) mass is 641 g/mol. The third-order valence-corrected chi connectivity index (χ3v) is 7.53. The first-order valence-electron chi connectivity index (χ1n) is 16.1. The maximum atomic E-state index is 14.0. The molecule has 10 heteroatoms. The summed E-state index contributed by atoms with van der Waals surface area (Å²) in [6, 6.07) is 22.3. The molecule has 3 aromatic rings. The van der Waals surface area contributed by atoms with Crippen molar-refractivity contribution in [3.05, 3.63) is 83.9 Å². The van der Waals surface area contributed by atoms with Crippen molar-refractivity contribution in [2.45, 2.75) is 97.5 Å². The van der Waals surface area contributed by atoms with E-state index in [4.69, 9.17) is 4.74 Å². The Balaban J connectivity index is 1.49. The van der Waals surface area contributed by atoms with Crippen LogP contribution >= 0.6 is 0 Å². The summed E-state index contributed by atoms with van der Waals surface area (Å²) in [6.07, 6.45) is 0.436. The zero-order valence-corrected chi connectivity index (χ0v) is 28.4. The molecule has 47 heavy (non-hydrogen) atoms. The molecule has 4 N–H and O–H groups in total. The number of nitrogens with one attached hydrogen (secondary N) is 4. The smallest absolute Gasteiger partial charge is 0.408 e. The Morgan fingerprint density at radius 3 is 2.26 bits per heavy atom. The number of hydrogen-bond donors (Lipinski definition) is 4. The fourth-order valence-electron chi connectivity index (χ4n) is 5.52. The van der Waals surface area contributed by atoms with Gasteiger partial charge in [0.25, 0.3) is 0 Å². The van der Waals surface area contributed by atoms with E-state index < -0.39 is 23.3 Å². The molecule has 1 heterocycles. The fourth-order valence-corrected chi connectivity index (χ4v) is 5.52. The van der Waals surface area contributed by atoms with Crippen molar-refractivity contribution in [2.24, 2.45) is 0 Å². The highest BCUT2D eigenvalue weighted by Gasteiger charge is 2.33. The zero-order valence-electron chi connectivity index (χ0n) is 28.4. The van der Waals surface area contributed by atoms with Gasteiger partial charge >= 0.3 is 12.1 Å². The molecule has 0 aromatic heterocycles. The predicted octanol–water partition coefficient (Wildman–Crippen LogP) is 6.54. The highest BCUT2D eigenvalue weighted by Crippen LogP contribution is 2.31. The third-order valence-electron chi connectivity index (χ3n) is 7.53. The molecule has 1 atom stereocenters. The Hall–Kier alpha value is -4.86. The summed E-state index contributed by atoms with van der Waals surface area (Å²) in [7, 11) is 0. The first-order chi connectivity index (χ1) is 22.1. The molecule has 1 aliphatic rings. The van der Waals surface area contributed by atoms with Gasteiger partial charge in [0.1, 0.15) is 11.6 Å². The molecule has 0 saturated heterocycles. The second kappa shape index (κ2) is 14.7. The van der Waals surface area contributed by atoms with E-state index in [-0.39, 0.29) is 30.3 Å². The van der Waals surface area contributed by atoms with E-state index in [2.05, 4.69) is 21.3 Å². The molecule has 3 aromatic carbocycles. The van der Waals surface area contributed by atoms with Crippen molar-refractivity contribution in [1.29, 1.82) is 0 Å². The van der Waals surface area contributed by atoms with Crippen LogP contribution in [-0.2, 0) is 27.3 Å². The number of urea groups is 1. The number of amides is 5. The molecular formula is C37H47N5O5. The molecule has 0 aliphatic carbocycles. The summed E-state index contributed by atoms with van der Waals surface area (Å²) in [4.78, 5) is 53.7. The van der Waals surface area contributed by atoms with Crippen LogP contribution in [0, 0.1) is 0 Å². The molecule has 5 amide bonds. The third kappa shape index (κ3) is 10.1. The molecule has 0 bridgehead atoms. The lowest BCUT2D eigenvalue weighted by Crippen LogP contribution is -2.52. The van der Waals surface area contributed by atoms with E-state index in [9.17, 15) is 19.2 Å². The van der Waals surface area contributed by atoms with E-state index in [1.807, 2.05) is 86.6 Å². The van der Waals surface area contributed by atoms with Gasteiger partial charge in [0.2, 0.25) is 11.8 Å². The highest BCUT2D eigenvalue weighted by molar-refractivity contribution is 6.00. The number of rotatable bonds is 9. The van der Waals surface area contributed by atoms with Gasteiger partial charge < -0.3 is 30.9 Å². The van der Waals surface area contributed by atoms with Gasteiger partial charge in [-0.1, -0.05) is 60.7 Å². The van der Waals surface area contributed by atoms with E-state index in [1.165, 1.54) is 0 Å². The van der Waals surface area contributed by atoms with Crippen molar-refractivity contribution >= 4 is 35.3 Å². The Labute approximate surface area is 277 Å². The Morgan fingerprint density at radius 1 is 0.915 bits per heavy atom. The van der Waals surface area contributed by atoms with Crippen molar-refractivity contribution in [1.82, 2.24) is 16.0 Å². The summed E-state index contributed by atoms with van der Waals surface area (Å²) in [5.41, 5.74) is 3.69. The second-order valence-electron chi connectivity index (χ2n) is 13.9. The Bertz CT molecular complexity index is 1590. The standard InChI is InChI=1S/C37H47N5O5/c1-24(2)38-34(45)40-29-14-10-9-13-28(29)26-18-16-25(17-19-26)23-42-31-15-11-8-12-27(31)20-21-30(33(42)44)39-32(43)22-37(6,7)41-35(46)47-36(3,4)5/h8-19,24,30H,20-23H2,1-7H3,(H,39,43)(H,41,46)(H2,38,40,45)/t30-/m1/s1. The number of benzene rings is 3. The molecule has 4 rings (SSSR count). The second-order valence-corrected chi connectivity index (χ2v) is 13.9. The molecule has 0 saturated carbocycles. The average molecular weight is 642 g/mol. The van der Waals surface area contributed by atoms with Crippen LogP contribution < -0.4 is 26.2 Å². The van der Waals surface area contributed by atoms with Crippen molar-refractivity contribution < 1.29 is 23.9 Å². The predicted molar refractivity (Wildman–Crippen MR) is 185 cm³/mol. The van der Waals surface area contributed by atoms with Crippen LogP contribution in [0.4, 0.5) is 21.0 Å². The quantitative estimate of drug-likeness (QED) is 0.211. The summed E-state index contributed by atoms with van der Waals surface area (Å²) < 4.78 is 5.35. The number of para-hydroxylation sites is 2. The summed E-state index contributed by atoms with van der Waals surface area (Å²) >= 11 is 0. The number of anilines is 2. The normalized spacial score (nSPS) is 14.9. The van der Waals surface area contributed by atoms with Crippen LogP contribution in [0.3, 0.4) is 0 Å². The minimum Gasteiger partial charge on any atom is -0.444 e. The van der Waals surface area contributed by atoms with Crippen LogP contribution in [-0.4, -0.2) is 47.2 Å². The summed E-state index contributed by atoms with van der Waals surface area (Å²) in [6.45, 7) is 12.9. The molecule has 250 valence electrons. The SMILES string of the molecule is CC(C)NC(=O)Nc1ccccc1-c1ccc(CN2C(=O)[C@H](NC(=O)CC(C)(C)NC(=O)OC(C)(C)C)CCc3ccccc32)cc1. The number of carbonyl (C=O) groups is 4. The Kier molecular flexibility index (Phi) is 11.0. The number of nitrogens with zero attached hydrogens (tertiary/aromatic N) is 1. The van der Waals surface area contributed by atoms with Crippen LogP contribution in [0.15, 0.2) is 72.8 Å². The maximum absolute atomic E-state index is 14.0. The molecular weight excluding hydrogens is 594 g/mol. The first kappa shape index (κ1) is 35.0. The Morgan fingerprint density at radius 2 is 1.57 bits per heavy atom. The van der Waals surface area contributed by atoms with Gasteiger partial charge in [0, 0.05) is 29.3 Å². The number of fused-ring (bicyclic) bond motifs is 1. The van der Waals surface area contributed by atoms with Crippen LogP contribution in [0.2, 0.25) is 0 Å². The molecule has 0 radical (unpaired) electrons. The number of carbonyl (C=O) groups excluding carboxylic acids is 4. The molecule has 1 aliphatic heterocycles. The van der Waals surface area contributed by atoms with Gasteiger partial charge in [0.15, 0.2) is 0 Å². The van der Waals surface area contributed by atoms with E-state index >= 15 is 0 Å². The highest BCUT2D eigenvalue weighted by atomic mass is 16.6. The lowest BCUT2D eigenvalue weighted by molar-refractivity contribution is -0.128. The van der Waals surface area contributed by atoms with E-state index in [0.717, 1.165) is 27.9 Å². The first-order valence-corrected chi connectivity index (χ1v) is 16.1. The minimum absolute atomic E-state index is 0.00852. The molecule has 10 nitrogen and oxygen atoms in total. The number of hydrogen-bond acceptors (Lipinski definition) is 5. The minimum atomic E-state index is -0.892. The van der Waals surface area contributed by atoms with Gasteiger partial charge in [0.05, 0.1) is 12.2 Å². The van der Waals surface area contributed by atoms with Crippen molar-refractivity contribution in [3.8, 4) is 11.1 Å². The number of ether oxygens (including phenoxy) is 1. The van der Waals surface area contributed by atoms with Crippen molar-refractivity contribution in [3.63, 3.8) is 0 Å². The molecule has 0 unspecified atom stereocenters. The van der Waals surface area contributed by atoms with Gasteiger partial charge in [-0.05, 0) is 90.1 Å². The molecule has 0 spiro atoms. The van der Waals surface area contributed by atoms with E-state index in [1.54, 1.807) is 39.5 Å². The van der Waals surface area contributed by atoms with Crippen LogP contribution in [0.1, 0.15) is 72.4 Å². The zero-order chi connectivity index (χ0) is 34.4. The van der Waals surface area contributed by atoms with E-state index in [0.29, 0.717) is 25.1 Å².